The molecular formula is C33H34N2O7. The van der Waals surface area contributed by atoms with Crippen molar-refractivity contribution in [2.24, 2.45) is 0 Å². The Kier molecular flexibility index (Phi) is 8.44. The molecule has 4 unspecified atom stereocenters. The molecule has 0 aliphatic carbocycles. The van der Waals surface area contributed by atoms with Gasteiger partial charge in [0.15, 0.2) is 0 Å². The smallest absolute Gasteiger partial charge is 0.330 e. The van der Waals surface area contributed by atoms with E-state index >= 15 is 0 Å². The second kappa shape index (κ2) is 12.2. The third-order valence-electron chi connectivity index (χ3n) is 7.64. The standard InChI is InChI=1S/C33H34N2O7/c1-5-28(30-27(36)19-29(41-30)35-20-21(2)31(37)34-32(35)38)42-33(22-9-7-6-8-10-22,23-11-15-25(39-3)16-12-23)24-13-17-26(40-4)18-14-24/h5-18,20,27-30,36H,1,19H2,2-4H3,(H,34,37,38). The first kappa shape index (κ1) is 29.1. The van der Waals surface area contributed by atoms with Gasteiger partial charge in [0, 0.05) is 18.2 Å². The minimum Gasteiger partial charge on any atom is -0.497 e. The lowest BCUT2D eigenvalue weighted by Crippen LogP contribution is -2.43. The molecular weight excluding hydrogens is 536 g/mol. The number of aromatic amines is 1. The van der Waals surface area contributed by atoms with Crippen LogP contribution in [0.15, 0.2) is 107 Å². The SMILES string of the molecule is C=CC(OC(c1ccccc1)(c1ccc(OC)cc1)c1ccc(OC)cc1)C1OC(n2cc(C)c(=O)[nH]c2=O)CC1O. The fourth-order valence-corrected chi connectivity index (χ4v) is 5.43. The highest BCUT2D eigenvalue weighted by molar-refractivity contribution is 5.50. The number of hydrogen-bond acceptors (Lipinski definition) is 7. The van der Waals surface area contributed by atoms with E-state index in [1.807, 2.05) is 78.9 Å². The van der Waals surface area contributed by atoms with Crippen LogP contribution in [0, 0.1) is 6.92 Å². The lowest BCUT2D eigenvalue weighted by atomic mass is 9.79. The third kappa shape index (κ3) is 5.42. The van der Waals surface area contributed by atoms with E-state index in [-0.39, 0.29) is 6.42 Å². The van der Waals surface area contributed by atoms with Gasteiger partial charge in [-0.1, -0.05) is 60.7 Å². The first-order valence-corrected chi connectivity index (χ1v) is 13.6. The molecule has 0 amide bonds. The molecule has 2 N–H and O–H groups in total. The van der Waals surface area contributed by atoms with Crippen molar-refractivity contribution >= 4 is 0 Å². The summed E-state index contributed by atoms with van der Waals surface area (Å²) in [5, 5.41) is 11.2. The number of rotatable bonds is 10. The van der Waals surface area contributed by atoms with Gasteiger partial charge >= 0.3 is 5.69 Å². The van der Waals surface area contributed by atoms with Gasteiger partial charge in [0.05, 0.1) is 20.3 Å². The van der Waals surface area contributed by atoms with E-state index in [1.54, 1.807) is 27.2 Å². The summed E-state index contributed by atoms with van der Waals surface area (Å²) in [6.07, 6.45) is -0.340. The predicted molar refractivity (Wildman–Crippen MR) is 158 cm³/mol. The van der Waals surface area contributed by atoms with Gasteiger partial charge in [-0.15, -0.1) is 6.58 Å². The topological polar surface area (TPSA) is 112 Å². The Morgan fingerprint density at radius 1 is 0.952 bits per heavy atom. The van der Waals surface area contributed by atoms with Gasteiger partial charge in [-0.25, -0.2) is 4.79 Å². The van der Waals surface area contributed by atoms with Crippen LogP contribution in [-0.4, -0.2) is 47.2 Å². The normalized spacial score (nSPS) is 19.3. The first-order chi connectivity index (χ1) is 20.3. The second-order valence-corrected chi connectivity index (χ2v) is 10.2. The lowest BCUT2D eigenvalue weighted by Gasteiger charge is -2.40. The molecule has 0 bridgehead atoms. The quantitative estimate of drug-likeness (QED) is 0.218. The predicted octanol–water partition coefficient (Wildman–Crippen LogP) is 4.07. The average molecular weight is 571 g/mol. The summed E-state index contributed by atoms with van der Waals surface area (Å²) in [6.45, 7) is 5.63. The van der Waals surface area contributed by atoms with Crippen molar-refractivity contribution in [2.75, 3.05) is 14.2 Å². The van der Waals surface area contributed by atoms with Crippen molar-refractivity contribution in [3.63, 3.8) is 0 Å². The van der Waals surface area contributed by atoms with Crippen LogP contribution in [-0.2, 0) is 15.1 Å². The van der Waals surface area contributed by atoms with Crippen LogP contribution in [0.5, 0.6) is 11.5 Å². The number of aromatic nitrogens is 2. The second-order valence-electron chi connectivity index (χ2n) is 10.2. The van der Waals surface area contributed by atoms with Crippen molar-refractivity contribution < 1.29 is 24.1 Å². The van der Waals surface area contributed by atoms with Crippen molar-refractivity contribution in [3.8, 4) is 11.5 Å². The number of hydrogen-bond donors (Lipinski definition) is 2. The monoisotopic (exact) mass is 570 g/mol. The van der Waals surface area contributed by atoms with Crippen molar-refractivity contribution in [1.29, 1.82) is 0 Å². The molecule has 5 rings (SSSR count). The summed E-state index contributed by atoms with van der Waals surface area (Å²) < 4.78 is 25.5. The molecule has 3 aromatic carbocycles. The van der Waals surface area contributed by atoms with Gasteiger partial charge in [0.2, 0.25) is 0 Å². The number of nitrogens with one attached hydrogen (secondary N) is 1. The van der Waals surface area contributed by atoms with Crippen LogP contribution in [0.2, 0.25) is 0 Å². The maximum Gasteiger partial charge on any atom is 0.330 e. The Hall–Kier alpha value is -4.44. The van der Waals surface area contributed by atoms with E-state index in [0.717, 1.165) is 16.7 Å². The number of aliphatic hydroxyl groups excluding tert-OH is 1. The molecule has 0 spiro atoms. The van der Waals surface area contributed by atoms with E-state index in [4.69, 9.17) is 18.9 Å². The molecule has 1 aromatic heterocycles. The van der Waals surface area contributed by atoms with Crippen LogP contribution in [0.25, 0.3) is 0 Å². The molecule has 1 saturated heterocycles. The van der Waals surface area contributed by atoms with Crippen molar-refractivity contribution in [2.45, 2.75) is 43.5 Å². The number of methoxy groups -OCH3 is 2. The number of nitrogens with zero attached hydrogens (tertiary/aromatic N) is 1. The molecule has 4 aromatic rings. The molecule has 1 aliphatic rings. The van der Waals surface area contributed by atoms with Crippen LogP contribution >= 0.6 is 0 Å². The number of aliphatic hydroxyl groups is 1. The molecule has 42 heavy (non-hydrogen) atoms. The number of aryl methyl sites for hydroxylation is 1. The molecule has 2 heterocycles. The summed E-state index contributed by atoms with van der Waals surface area (Å²) in [6, 6.07) is 25.0. The van der Waals surface area contributed by atoms with Gasteiger partial charge in [-0.2, -0.15) is 0 Å². The van der Waals surface area contributed by atoms with Crippen LogP contribution in [0.3, 0.4) is 0 Å². The van der Waals surface area contributed by atoms with Crippen molar-refractivity contribution in [3.05, 3.63) is 141 Å². The zero-order valence-corrected chi connectivity index (χ0v) is 23.7. The summed E-state index contributed by atoms with van der Waals surface area (Å²) in [5.41, 5.74) is 0.551. The summed E-state index contributed by atoms with van der Waals surface area (Å²) >= 11 is 0. The number of ether oxygens (including phenoxy) is 4. The highest BCUT2D eigenvalue weighted by atomic mass is 16.6. The summed E-state index contributed by atoms with van der Waals surface area (Å²) in [4.78, 5) is 26.8. The molecule has 1 aliphatic heterocycles. The molecule has 0 radical (unpaired) electrons. The van der Waals surface area contributed by atoms with E-state index < -0.39 is 41.4 Å². The van der Waals surface area contributed by atoms with Gasteiger partial charge in [0.25, 0.3) is 5.56 Å². The lowest BCUT2D eigenvalue weighted by molar-refractivity contribution is -0.126. The van der Waals surface area contributed by atoms with E-state index in [2.05, 4.69) is 11.6 Å². The maximum atomic E-state index is 12.6. The zero-order chi connectivity index (χ0) is 29.9. The largest absolute Gasteiger partial charge is 0.497 e. The summed E-state index contributed by atoms with van der Waals surface area (Å²) in [7, 11) is 3.22. The molecule has 0 saturated carbocycles. The van der Waals surface area contributed by atoms with Crippen LogP contribution in [0.1, 0.15) is 34.9 Å². The van der Waals surface area contributed by atoms with E-state index in [0.29, 0.717) is 17.1 Å². The minimum absolute atomic E-state index is 0.118. The highest BCUT2D eigenvalue weighted by Gasteiger charge is 2.46. The molecule has 4 atom stereocenters. The third-order valence-corrected chi connectivity index (χ3v) is 7.64. The molecule has 1 fully saturated rings. The fraction of sp³-hybridized carbons (Fsp3) is 0.273. The summed E-state index contributed by atoms with van der Waals surface area (Å²) in [5.74, 6) is 1.38. The Balaban J connectivity index is 1.62. The highest BCUT2D eigenvalue weighted by Crippen LogP contribution is 2.44. The fourth-order valence-electron chi connectivity index (χ4n) is 5.43. The molecule has 9 heteroatoms. The van der Waals surface area contributed by atoms with Crippen LogP contribution < -0.4 is 20.7 Å². The van der Waals surface area contributed by atoms with Crippen molar-refractivity contribution in [1.82, 2.24) is 9.55 Å². The Morgan fingerprint density at radius 2 is 1.50 bits per heavy atom. The van der Waals surface area contributed by atoms with Gasteiger partial charge in [0.1, 0.15) is 35.5 Å². The maximum absolute atomic E-state index is 12.6. The van der Waals surface area contributed by atoms with Gasteiger partial charge in [-0.3, -0.25) is 14.3 Å². The molecule has 9 nitrogen and oxygen atoms in total. The number of benzene rings is 3. The Morgan fingerprint density at radius 3 is 2.02 bits per heavy atom. The average Bonchev–Trinajstić information content (AvgIpc) is 3.41. The van der Waals surface area contributed by atoms with Gasteiger partial charge < -0.3 is 24.1 Å². The Bertz CT molecular complexity index is 1580. The van der Waals surface area contributed by atoms with E-state index in [1.165, 1.54) is 10.8 Å². The van der Waals surface area contributed by atoms with Gasteiger partial charge in [-0.05, 0) is 47.9 Å². The van der Waals surface area contributed by atoms with Crippen LogP contribution in [0.4, 0.5) is 0 Å². The minimum atomic E-state index is -1.18. The molecule has 218 valence electrons. The van der Waals surface area contributed by atoms with E-state index in [9.17, 15) is 14.7 Å². The number of H-pyrrole nitrogens is 1. The Labute approximate surface area is 243 Å². The zero-order valence-electron chi connectivity index (χ0n) is 23.7. The first-order valence-electron chi connectivity index (χ1n) is 13.6.